The van der Waals surface area contributed by atoms with Gasteiger partial charge in [-0.05, 0) is 37.0 Å². The molecule has 1 saturated carbocycles. The highest BCUT2D eigenvalue weighted by molar-refractivity contribution is 5.85. The zero-order chi connectivity index (χ0) is 17.9. The number of piperazine rings is 1. The molecule has 0 aromatic heterocycles. The Kier molecular flexibility index (Phi) is 5.36. The monoisotopic (exact) mass is 357 g/mol. The van der Waals surface area contributed by atoms with Crippen LogP contribution in [-0.4, -0.2) is 56.5 Å². The van der Waals surface area contributed by atoms with Crippen LogP contribution in [0.1, 0.15) is 12.8 Å². The molecule has 2 fully saturated rings. The summed E-state index contributed by atoms with van der Waals surface area (Å²) in [5.74, 6) is 0.877. The predicted octanol–water partition coefficient (Wildman–Crippen LogP) is 3.33. The number of hydrogen-bond donors (Lipinski definition) is 1. The van der Waals surface area contributed by atoms with Crippen molar-refractivity contribution >= 4 is 17.5 Å². The van der Waals surface area contributed by atoms with Crippen LogP contribution in [0, 0.1) is 5.92 Å². The van der Waals surface area contributed by atoms with Gasteiger partial charge in [0.2, 0.25) is 0 Å². The summed E-state index contributed by atoms with van der Waals surface area (Å²) in [5.41, 5.74) is 1.37. The van der Waals surface area contributed by atoms with Gasteiger partial charge in [-0.1, -0.05) is 6.07 Å². The SMILES string of the molecule is O=C(Nc1cccc(N2CCN(CC3CC3)CC2)c1)OCC(F)(F)F. The van der Waals surface area contributed by atoms with E-state index in [9.17, 15) is 18.0 Å². The highest BCUT2D eigenvalue weighted by Crippen LogP contribution is 2.30. The van der Waals surface area contributed by atoms with Crippen LogP contribution in [0.15, 0.2) is 24.3 Å². The number of nitrogens with zero attached hydrogens (tertiary/aromatic N) is 2. The number of ether oxygens (including phenoxy) is 1. The smallest absolute Gasteiger partial charge is 0.422 e. The second kappa shape index (κ2) is 7.51. The zero-order valence-electron chi connectivity index (χ0n) is 13.9. The Morgan fingerprint density at radius 3 is 2.56 bits per heavy atom. The highest BCUT2D eigenvalue weighted by Gasteiger charge is 2.29. The maximum absolute atomic E-state index is 12.1. The molecule has 1 aliphatic carbocycles. The highest BCUT2D eigenvalue weighted by atomic mass is 19.4. The number of rotatable bonds is 5. The lowest BCUT2D eigenvalue weighted by Crippen LogP contribution is -2.47. The van der Waals surface area contributed by atoms with E-state index in [0.29, 0.717) is 5.69 Å². The molecule has 138 valence electrons. The Morgan fingerprint density at radius 1 is 1.20 bits per heavy atom. The molecule has 1 N–H and O–H groups in total. The van der Waals surface area contributed by atoms with E-state index >= 15 is 0 Å². The normalized spacial score (nSPS) is 18.9. The lowest BCUT2D eigenvalue weighted by molar-refractivity contribution is -0.159. The van der Waals surface area contributed by atoms with Crippen LogP contribution in [0.25, 0.3) is 0 Å². The van der Waals surface area contributed by atoms with Gasteiger partial charge < -0.3 is 9.64 Å². The molecule has 1 heterocycles. The second-order valence-corrected chi connectivity index (χ2v) is 6.60. The predicted molar refractivity (Wildman–Crippen MR) is 88.8 cm³/mol. The quantitative estimate of drug-likeness (QED) is 0.878. The van der Waals surface area contributed by atoms with E-state index in [1.54, 1.807) is 18.2 Å². The number of benzene rings is 1. The lowest BCUT2D eigenvalue weighted by Gasteiger charge is -2.36. The number of alkyl halides is 3. The fourth-order valence-electron chi connectivity index (χ4n) is 2.94. The summed E-state index contributed by atoms with van der Waals surface area (Å²) in [5, 5.41) is 2.34. The van der Waals surface area contributed by atoms with Crippen molar-refractivity contribution in [1.82, 2.24) is 4.90 Å². The molecule has 1 aromatic rings. The number of carbonyl (C=O) groups excluding carboxylic acids is 1. The molecule has 3 rings (SSSR count). The van der Waals surface area contributed by atoms with E-state index in [4.69, 9.17) is 0 Å². The van der Waals surface area contributed by atoms with E-state index in [1.165, 1.54) is 19.4 Å². The van der Waals surface area contributed by atoms with Gasteiger partial charge >= 0.3 is 12.3 Å². The molecule has 1 aliphatic heterocycles. The van der Waals surface area contributed by atoms with Gasteiger partial charge in [0.1, 0.15) is 0 Å². The van der Waals surface area contributed by atoms with Crippen LogP contribution in [0.3, 0.4) is 0 Å². The molecule has 1 saturated heterocycles. The first-order chi connectivity index (χ1) is 11.9. The summed E-state index contributed by atoms with van der Waals surface area (Å²) in [6.45, 7) is 3.38. The van der Waals surface area contributed by atoms with Gasteiger partial charge in [0.25, 0.3) is 0 Å². The molecule has 1 aromatic carbocycles. The van der Waals surface area contributed by atoms with Crippen LogP contribution in [0.5, 0.6) is 0 Å². The first kappa shape index (κ1) is 17.8. The minimum atomic E-state index is -4.53. The molecular formula is C17H22F3N3O2. The van der Waals surface area contributed by atoms with Crippen LogP contribution < -0.4 is 10.2 Å². The number of carbonyl (C=O) groups is 1. The fraction of sp³-hybridized carbons (Fsp3) is 0.588. The number of halogens is 3. The number of hydrogen-bond acceptors (Lipinski definition) is 4. The molecule has 0 atom stereocenters. The standard InChI is InChI=1S/C17H22F3N3O2/c18-17(19,20)12-25-16(24)21-14-2-1-3-15(10-14)23-8-6-22(7-9-23)11-13-4-5-13/h1-3,10,13H,4-9,11-12H2,(H,21,24). The third-order valence-electron chi connectivity index (χ3n) is 4.41. The Labute approximate surface area is 144 Å². The fourth-order valence-corrected chi connectivity index (χ4v) is 2.94. The van der Waals surface area contributed by atoms with Gasteiger partial charge in [-0.15, -0.1) is 0 Å². The number of amides is 1. The van der Waals surface area contributed by atoms with Crippen LogP contribution >= 0.6 is 0 Å². The summed E-state index contributed by atoms with van der Waals surface area (Å²) in [6, 6.07) is 7.08. The Balaban J connectivity index is 1.50. The summed E-state index contributed by atoms with van der Waals surface area (Å²) in [6.07, 6.45) is -2.94. The lowest BCUT2D eigenvalue weighted by atomic mass is 10.2. The van der Waals surface area contributed by atoms with Gasteiger partial charge in [-0.2, -0.15) is 13.2 Å². The summed E-state index contributed by atoms with van der Waals surface area (Å²) in [4.78, 5) is 16.1. The molecule has 5 nitrogen and oxygen atoms in total. The number of nitrogens with one attached hydrogen (secondary N) is 1. The van der Waals surface area contributed by atoms with Gasteiger partial charge in [-0.3, -0.25) is 10.2 Å². The van der Waals surface area contributed by atoms with Crippen molar-refractivity contribution in [3.8, 4) is 0 Å². The summed E-state index contributed by atoms with van der Waals surface area (Å²) >= 11 is 0. The van der Waals surface area contributed by atoms with Gasteiger partial charge in [0.15, 0.2) is 6.61 Å². The van der Waals surface area contributed by atoms with Crippen molar-refractivity contribution in [3.63, 3.8) is 0 Å². The molecule has 25 heavy (non-hydrogen) atoms. The van der Waals surface area contributed by atoms with Gasteiger partial charge in [0, 0.05) is 44.1 Å². The minimum Gasteiger partial charge on any atom is -0.440 e. The average molecular weight is 357 g/mol. The van der Waals surface area contributed by atoms with E-state index in [0.717, 1.165) is 37.8 Å². The molecule has 8 heteroatoms. The van der Waals surface area contributed by atoms with E-state index in [1.807, 2.05) is 6.07 Å². The summed E-state index contributed by atoms with van der Waals surface area (Å²) < 4.78 is 40.3. The van der Waals surface area contributed by atoms with Crippen LogP contribution in [0.4, 0.5) is 29.3 Å². The Hall–Kier alpha value is -1.96. The first-order valence-corrected chi connectivity index (χ1v) is 8.47. The van der Waals surface area contributed by atoms with Crippen LogP contribution in [-0.2, 0) is 4.74 Å². The minimum absolute atomic E-state index is 0.421. The average Bonchev–Trinajstić information content (AvgIpc) is 3.37. The van der Waals surface area contributed by atoms with Gasteiger partial charge in [-0.25, -0.2) is 4.79 Å². The molecular weight excluding hydrogens is 335 g/mol. The number of anilines is 2. The van der Waals surface area contributed by atoms with Gasteiger partial charge in [0.05, 0.1) is 0 Å². The Morgan fingerprint density at radius 2 is 1.92 bits per heavy atom. The topological polar surface area (TPSA) is 44.8 Å². The maximum atomic E-state index is 12.1. The third kappa shape index (κ3) is 5.81. The third-order valence-corrected chi connectivity index (χ3v) is 4.41. The molecule has 0 radical (unpaired) electrons. The van der Waals surface area contributed by atoms with Crippen molar-refractivity contribution in [2.75, 3.05) is 49.5 Å². The molecule has 0 spiro atoms. The van der Waals surface area contributed by atoms with E-state index < -0.39 is 18.9 Å². The molecule has 0 bridgehead atoms. The van der Waals surface area contributed by atoms with E-state index in [2.05, 4.69) is 19.9 Å². The van der Waals surface area contributed by atoms with Crippen molar-refractivity contribution in [2.45, 2.75) is 19.0 Å². The molecule has 2 aliphatic rings. The Bertz CT molecular complexity index is 597. The van der Waals surface area contributed by atoms with Crippen molar-refractivity contribution in [1.29, 1.82) is 0 Å². The van der Waals surface area contributed by atoms with E-state index in [-0.39, 0.29) is 0 Å². The first-order valence-electron chi connectivity index (χ1n) is 8.47. The van der Waals surface area contributed by atoms with Crippen molar-refractivity contribution in [2.24, 2.45) is 5.92 Å². The van der Waals surface area contributed by atoms with Crippen LogP contribution in [0.2, 0.25) is 0 Å². The molecule has 0 unspecified atom stereocenters. The largest absolute Gasteiger partial charge is 0.440 e. The van der Waals surface area contributed by atoms with Crippen molar-refractivity contribution < 1.29 is 22.7 Å². The molecule has 1 amide bonds. The maximum Gasteiger partial charge on any atom is 0.422 e. The second-order valence-electron chi connectivity index (χ2n) is 6.60. The van der Waals surface area contributed by atoms with Crippen molar-refractivity contribution in [3.05, 3.63) is 24.3 Å². The zero-order valence-corrected chi connectivity index (χ0v) is 13.9. The summed E-state index contributed by atoms with van der Waals surface area (Å²) in [7, 11) is 0.